The molecule has 1 amide bonds. The Balaban J connectivity index is 1.50. The molecule has 0 spiro atoms. The summed E-state index contributed by atoms with van der Waals surface area (Å²) >= 11 is 0. The van der Waals surface area contributed by atoms with Crippen molar-refractivity contribution < 1.29 is 27.8 Å². The zero-order valence-electron chi connectivity index (χ0n) is 26.3. The largest absolute Gasteiger partial charge is 0.468 e. The lowest BCUT2D eigenvalue weighted by atomic mass is 9.94. The van der Waals surface area contributed by atoms with Gasteiger partial charge in [0.15, 0.2) is 12.6 Å². The third kappa shape index (κ3) is 5.31. The number of methoxy groups -OCH3 is 1. The molecule has 2 fully saturated rings. The minimum atomic E-state index is -0.706. The first-order chi connectivity index (χ1) is 21.9. The van der Waals surface area contributed by atoms with Crippen molar-refractivity contribution >= 4 is 33.5 Å². The van der Waals surface area contributed by atoms with Crippen LogP contribution in [0.3, 0.4) is 0 Å². The first-order valence-corrected chi connectivity index (χ1v) is 15.0. The number of hydrogen-bond donors (Lipinski definition) is 0. The lowest BCUT2D eigenvalue weighted by Gasteiger charge is -2.42. The van der Waals surface area contributed by atoms with Crippen LogP contribution >= 0.6 is 0 Å². The molecule has 0 radical (unpaired) electrons. The molecule has 2 saturated heterocycles. The quantitative estimate of drug-likeness (QED) is 0.184. The second kappa shape index (κ2) is 11.7. The van der Waals surface area contributed by atoms with Gasteiger partial charge in [-0.1, -0.05) is 12.0 Å². The Morgan fingerprint density at radius 2 is 1.87 bits per heavy atom. The van der Waals surface area contributed by atoms with Crippen LogP contribution < -0.4 is 9.64 Å². The molecule has 4 aromatic rings. The van der Waals surface area contributed by atoms with Crippen molar-refractivity contribution in [3.8, 4) is 35.4 Å². The number of terminal acetylenes is 1. The molecular weight excluding hydrogens is 592 g/mol. The highest BCUT2D eigenvalue weighted by Gasteiger charge is 2.45. The Kier molecular flexibility index (Phi) is 7.91. The van der Waals surface area contributed by atoms with Gasteiger partial charge in [-0.3, -0.25) is 9.88 Å². The van der Waals surface area contributed by atoms with Crippen LogP contribution in [-0.4, -0.2) is 65.6 Å². The van der Waals surface area contributed by atoms with Gasteiger partial charge in [-0.15, -0.1) is 6.42 Å². The van der Waals surface area contributed by atoms with E-state index in [1.54, 1.807) is 30.0 Å². The molecule has 2 bridgehead atoms. The smallest absolute Gasteiger partial charge is 0.410 e. The Morgan fingerprint density at radius 1 is 1.15 bits per heavy atom. The molecule has 2 aliphatic heterocycles. The van der Waals surface area contributed by atoms with Crippen molar-refractivity contribution in [3.05, 3.63) is 58.9 Å². The van der Waals surface area contributed by atoms with Crippen LogP contribution in [0.25, 0.3) is 32.8 Å². The fourth-order valence-electron chi connectivity index (χ4n) is 6.57. The maximum Gasteiger partial charge on any atom is 0.410 e. The summed E-state index contributed by atoms with van der Waals surface area (Å²) in [5.74, 6) is 1.83. The van der Waals surface area contributed by atoms with Gasteiger partial charge >= 0.3 is 6.09 Å². The molecule has 2 aromatic carbocycles. The molecule has 9 nitrogen and oxygen atoms in total. The van der Waals surface area contributed by atoms with E-state index in [1.165, 1.54) is 19.4 Å². The van der Waals surface area contributed by atoms with E-state index in [0.717, 1.165) is 12.8 Å². The van der Waals surface area contributed by atoms with Gasteiger partial charge in [0.2, 0.25) is 0 Å². The lowest BCUT2D eigenvalue weighted by Crippen LogP contribution is -2.57. The number of nitrogens with zero attached hydrogens (tertiary/aromatic N) is 5. The molecule has 46 heavy (non-hydrogen) atoms. The summed E-state index contributed by atoms with van der Waals surface area (Å²) in [5, 5.41) is 11.5. The molecule has 2 aliphatic rings. The number of halogens is 2. The average Bonchev–Trinajstić information content (AvgIpc) is 3.28. The first-order valence-electron chi connectivity index (χ1n) is 15.0. The number of piperazine rings is 1. The minimum Gasteiger partial charge on any atom is -0.468 e. The number of fused-ring (bicyclic) bond motifs is 4. The summed E-state index contributed by atoms with van der Waals surface area (Å²) in [7, 11) is 1.47. The molecule has 4 heterocycles. The van der Waals surface area contributed by atoms with E-state index < -0.39 is 17.2 Å². The number of aryl methyl sites for hydroxylation is 1. The van der Waals surface area contributed by atoms with Gasteiger partial charge < -0.3 is 19.1 Å². The van der Waals surface area contributed by atoms with E-state index in [9.17, 15) is 14.4 Å². The molecule has 11 heteroatoms. The Morgan fingerprint density at radius 3 is 2.50 bits per heavy atom. The Labute approximate surface area is 265 Å². The fourth-order valence-corrected chi connectivity index (χ4v) is 6.57. The van der Waals surface area contributed by atoms with Crippen LogP contribution in [0.15, 0.2) is 30.5 Å². The van der Waals surface area contributed by atoms with Crippen molar-refractivity contribution in [1.29, 1.82) is 5.26 Å². The number of carbonyl (C=O) groups is 1. The van der Waals surface area contributed by atoms with E-state index in [4.69, 9.17) is 20.6 Å². The number of ether oxygens (including phenoxy) is 3. The molecular formula is C35H33F2N5O4. The van der Waals surface area contributed by atoms with E-state index in [1.807, 2.05) is 25.7 Å². The van der Waals surface area contributed by atoms with Gasteiger partial charge in [-0.05, 0) is 69.7 Å². The summed E-state index contributed by atoms with van der Waals surface area (Å²) in [5.41, 5.74) is -0.0964. The van der Waals surface area contributed by atoms with Crippen LogP contribution in [0, 0.1) is 42.2 Å². The first kappa shape index (κ1) is 31.0. The number of amides is 1. The van der Waals surface area contributed by atoms with Crippen molar-refractivity contribution in [3.63, 3.8) is 0 Å². The Bertz CT molecular complexity index is 1960. The van der Waals surface area contributed by atoms with Crippen molar-refractivity contribution in [2.24, 2.45) is 0 Å². The molecule has 0 N–H and O–H groups in total. The summed E-state index contributed by atoms with van der Waals surface area (Å²) in [6.45, 7) is 7.94. The van der Waals surface area contributed by atoms with Crippen LogP contribution in [0.1, 0.15) is 50.4 Å². The number of anilines is 1. The van der Waals surface area contributed by atoms with E-state index in [-0.39, 0.29) is 52.9 Å². The lowest BCUT2D eigenvalue weighted by molar-refractivity contribution is 0.0123. The summed E-state index contributed by atoms with van der Waals surface area (Å²) < 4.78 is 48.3. The molecule has 2 aromatic heterocycles. The number of nitriles is 1. The highest BCUT2D eigenvalue weighted by molar-refractivity contribution is 6.04. The summed E-state index contributed by atoms with van der Waals surface area (Å²) in [4.78, 5) is 26.1. The number of benzene rings is 2. The maximum absolute atomic E-state index is 16.9. The van der Waals surface area contributed by atoms with Gasteiger partial charge in [0, 0.05) is 48.1 Å². The maximum atomic E-state index is 16.9. The fraction of sp³-hybridized carbons (Fsp3) is 0.371. The number of rotatable bonds is 5. The highest BCUT2D eigenvalue weighted by Crippen LogP contribution is 2.41. The monoisotopic (exact) mass is 625 g/mol. The second-order valence-corrected chi connectivity index (χ2v) is 12.6. The van der Waals surface area contributed by atoms with Gasteiger partial charge in [0.1, 0.15) is 40.4 Å². The second-order valence-electron chi connectivity index (χ2n) is 12.6. The number of pyridine rings is 2. The molecule has 2 atom stereocenters. The third-order valence-corrected chi connectivity index (χ3v) is 8.48. The van der Waals surface area contributed by atoms with Crippen LogP contribution in [-0.2, 0) is 9.47 Å². The van der Waals surface area contributed by atoms with Crippen LogP contribution in [0.2, 0.25) is 0 Å². The highest BCUT2D eigenvalue weighted by atomic mass is 19.1. The third-order valence-electron chi connectivity index (χ3n) is 8.48. The van der Waals surface area contributed by atoms with Crippen LogP contribution in [0.5, 0.6) is 5.75 Å². The van der Waals surface area contributed by atoms with E-state index in [0.29, 0.717) is 46.4 Å². The number of hydrogen-bond acceptors (Lipinski definition) is 8. The predicted molar refractivity (Wildman–Crippen MR) is 169 cm³/mol. The van der Waals surface area contributed by atoms with Crippen LogP contribution in [0.4, 0.5) is 19.4 Å². The van der Waals surface area contributed by atoms with Gasteiger partial charge in [0.05, 0.1) is 17.6 Å². The molecule has 0 aliphatic carbocycles. The summed E-state index contributed by atoms with van der Waals surface area (Å²) in [6, 6.07) is 7.86. The van der Waals surface area contributed by atoms with E-state index >= 15 is 4.39 Å². The minimum absolute atomic E-state index is 0.0322. The van der Waals surface area contributed by atoms with E-state index in [2.05, 4.69) is 22.0 Å². The zero-order chi connectivity index (χ0) is 32.9. The number of carbonyl (C=O) groups excluding carboxylic acids is 1. The average molecular weight is 626 g/mol. The van der Waals surface area contributed by atoms with Crippen molar-refractivity contribution in [2.75, 3.05) is 31.9 Å². The standard InChI is InChI=1S/C35H33F2N5O4/c1-7-24-27(36)11-8-20-12-23(45-18-44-6)13-25(30(20)24)32-31(37)29-19(2)28(14-38)40-33(26(29)15-39-32)41-16-21-9-10-22(17-41)42(21)34(43)46-35(3,4)5/h1,8,11-13,15,21-22H,9-10,16-18H2,2-6H3. The van der Waals surface area contributed by atoms with Gasteiger partial charge in [-0.25, -0.2) is 18.6 Å². The SMILES string of the molecule is C#Cc1c(F)ccc2cc(OCOC)cc(-c3ncc4c(N5CC6CCC(C5)N6C(=O)OC(C)(C)C)nc(C#N)c(C)c4c3F)c12. The molecule has 0 saturated carbocycles. The van der Waals surface area contributed by atoms with Crippen molar-refractivity contribution in [2.45, 2.75) is 58.2 Å². The zero-order valence-corrected chi connectivity index (χ0v) is 26.3. The molecule has 2 unspecified atom stereocenters. The summed E-state index contributed by atoms with van der Waals surface area (Å²) in [6.07, 6.45) is 8.46. The molecule has 6 rings (SSSR count). The van der Waals surface area contributed by atoms with Crippen molar-refractivity contribution in [1.82, 2.24) is 14.9 Å². The Hall–Kier alpha value is -5.00. The normalized spacial score (nSPS) is 17.7. The molecule has 236 valence electrons. The predicted octanol–water partition coefficient (Wildman–Crippen LogP) is 6.46. The van der Waals surface area contributed by atoms with Gasteiger partial charge in [0.25, 0.3) is 0 Å². The topological polar surface area (TPSA) is 101 Å². The number of aromatic nitrogens is 2. The van der Waals surface area contributed by atoms with Gasteiger partial charge in [-0.2, -0.15) is 5.26 Å².